The minimum Gasteiger partial charge on any atom is -0.490 e. The molecule has 0 aromatic heterocycles. The van der Waals surface area contributed by atoms with Gasteiger partial charge in [-0.15, -0.1) is 0 Å². The van der Waals surface area contributed by atoms with Crippen LogP contribution in [-0.2, 0) is 11.3 Å². The topological polar surface area (TPSA) is 30.5 Å². The molecule has 0 radical (unpaired) electrons. The summed E-state index contributed by atoms with van der Waals surface area (Å²) in [5, 5.41) is 3.11. The lowest BCUT2D eigenvalue weighted by atomic mass is 10.2. The highest BCUT2D eigenvalue weighted by molar-refractivity contribution is 9.10. The number of methoxy groups -OCH3 is 1. The first-order chi connectivity index (χ1) is 7.29. The number of hydrogen-bond acceptors (Lipinski definition) is 3. The summed E-state index contributed by atoms with van der Waals surface area (Å²) in [5.41, 5.74) is 1.14. The van der Waals surface area contributed by atoms with Crippen molar-refractivity contribution in [3.63, 3.8) is 0 Å². The first-order valence-corrected chi connectivity index (χ1v) is 5.62. The maximum atomic E-state index is 5.65. The summed E-state index contributed by atoms with van der Waals surface area (Å²) in [5.74, 6) is 0.892. The Hall–Kier alpha value is -0.580. The van der Waals surface area contributed by atoms with Gasteiger partial charge in [0, 0.05) is 19.2 Å². The van der Waals surface area contributed by atoms with Crippen LogP contribution in [0.3, 0.4) is 0 Å². The molecule has 15 heavy (non-hydrogen) atoms. The molecule has 1 rings (SSSR count). The summed E-state index contributed by atoms with van der Waals surface area (Å²) >= 11 is 3.48. The van der Waals surface area contributed by atoms with Crippen LogP contribution in [0.25, 0.3) is 0 Å². The van der Waals surface area contributed by atoms with Gasteiger partial charge in [-0.1, -0.05) is 12.1 Å². The van der Waals surface area contributed by atoms with Crippen molar-refractivity contribution in [3.8, 4) is 5.75 Å². The fourth-order valence-corrected chi connectivity index (χ4v) is 1.79. The summed E-state index contributed by atoms with van der Waals surface area (Å²) in [4.78, 5) is 0. The minimum atomic E-state index is 0.565. The largest absolute Gasteiger partial charge is 0.490 e. The van der Waals surface area contributed by atoms with E-state index in [1.54, 1.807) is 7.11 Å². The van der Waals surface area contributed by atoms with Crippen LogP contribution < -0.4 is 10.1 Å². The van der Waals surface area contributed by atoms with Crippen LogP contribution in [0.5, 0.6) is 5.75 Å². The van der Waals surface area contributed by atoms with Gasteiger partial charge in [0.05, 0.1) is 11.1 Å². The van der Waals surface area contributed by atoms with E-state index in [1.807, 2.05) is 25.2 Å². The second kappa shape index (κ2) is 6.82. The van der Waals surface area contributed by atoms with E-state index in [4.69, 9.17) is 9.47 Å². The molecule has 0 atom stereocenters. The molecular formula is C11H16BrNO2. The predicted octanol–water partition coefficient (Wildman–Crippen LogP) is 2.19. The van der Waals surface area contributed by atoms with E-state index >= 15 is 0 Å². The first-order valence-electron chi connectivity index (χ1n) is 4.83. The molecule has 0 heterocycles. The predicted molar refractivity (Wildman–Crippen MR) is 64.3 cm³/mol. The highest BCUT2D eigenvalue weighted by Crippen LogP contribution is 2.28. The zero-order chi connectivity index (χ0) is 11.1. The molecule has 0 aliphatic carbocycles. The van der Waals surface area contributed by atoms with Gasteiger partial charge in [0.25, 0.3) is 0 Å². The van der Waals surface area contributed by atoms with Gasteiger partial charge in [-0.2, -0.15) is 0 Å². The Morgan fingerprint density at radius 3 is 2.80 bits per heavy atom. The number of hydrogen-bond donors (Lipinski definition) is 1. The summed E-state index contributed by atoms with van der Waals surface area (Å²) in [6, 6.07) is 6.02. The highest BCUT2D eigenvalue weighted by atomic mass is 79.9. The normalized spacial score (nSPS) is 10.3. The zero-order valence-electron chi connectivity index (χ0n) is 9.05. The van der Waals surface area contributed by atoms with Crippen molar-refractivity contribution >= 4 is 15.9 Å². The van der Waals surface area contributed by atoms with E-state index in [9.17, 15) is 0 Å². The molecule has 0 aliphatic heterocycles. The number of para-hydroxylation sites is 1. The molecule has 0 unspecified atom stereocenters. The minimum absolute atomic E-state index is 0.565. The fraction of sp³-hybridized carbons (Fsp3) is 0.455. The maximum Gasteiger partial charge on any atom is 0.138 e. The van der Waals surface area contributed by atoms with Gasteiger partial charge < -0.3 is 14.8 Å². The van der Waals surface area contributed by atoms with Gasteiger partial charge in [-0.3, -0.25) is 0 Å². The summed E-state index contributed by atoms with van der Waals surface area (Å²) in [6.45, 7) is 1.96. The number of rotatable bonds is 6. The monoisotopic (exact) mass is 273 g/mol. The van der Waals surface area contributed by atoms with Crippen molar-refractivity contribution in [2.24, 2.45) is 0 Å². The maximum absolute atomic E-state index is 5.65. The van der Waals surface area contributed by atoms with Crippen LogP contribution in [-0.4, -0.2) is 27.4 Å². The van der Waals surface area contributed by atoms with E-state index < -0.39 is 0 Å². The molecule has 1 N–H and O–H groups in total. The fourth-order valence-electron chi connectivity index (χ4n) is 1.27. The summed E-state index contributed by atoms with van der Waals surface area (Å²) < 4.78 is 11.6. The Labute approximate surface area is 98.9 Å². The smallest absolute Gasteiger partial charge is 0.138 e. The SMILES string of the molecule is CNCc1cccc(Br)c1OCCOC. The molecular weight excluding hydrogens is 258 g/mol. The third-order valence-electron chi connectivity index (χ3n) is 1.95. The molecule has 0 fully saturated rings. The molecule has 0 saturated heterocycles. The quantitative estimate of drug-likeness (QED) is 0.807. The molecule has 0 aliphatic rings. The van der Waals surface area contributed by atoms with Crippen molar-refractivity contribution in [2.45, 2.75) is 6.54 Å². The van der Waals surface area contributed by atoms with Crippen molar-refractivity contribution < 1.29 is 9.47 Å². The van der Waals surface area contributed by atoms with E-state index in [1.165, 1.54) is 0 Å². The lowest BCUT2D eigenvalue weighted by Gasteiger charge is -2.12. The summed E-state index contributed by atoms with van der Waals surface area (Å²) in [6.07, 6.45) is 0. The molecule has 0 saturated carbocycles. The van der Waals surface area contributed by atoms with Gasteiger partial charge in [0.2, 0.25) is 0 Å². The Kier molecular flexibility index (Phi) is 5.68. The zero-order valence-corrected chi connectivity index (χ0v) is 10.6. The Morgan fingerprint density at radius 2 is 2.13 bits per heavy atom. The highest BCUT2D eigenvalue weighted by Gasteiger charge is 2.06. The van der Waals surface area contributed by atoms with Crippen LogP contribution >= 0.6 is 15.9 Å². The van der Waals surface area contributed by atoms with Crippen LogP contribution in [0, 0.1) is 0 Å². The van der Waals surface area contributed by atoms with Crippen LogP contribution in [0.1, 0.15) is 5.56 Å². The van der Waals surface area contributed by atoms with Gasteiger partial charge >= 0.3 is 0 Å². The van der Waals surface area contributed by atoms with Crippen molar-refractivity contribution in [2.75, 3.05) is 27.4 Å². The van der Waals surface area contributed by atoms with Crippen molar-refractivity contribution in [1.29, 1.82) is 0 Å². The molecule has 1 aromatic rings. The van der Waals surface area contributed by atoms with Crippen molar-refractivity contribution in [1.82, 2.24) is 5.32 Å². The van der Waals surface area contributed by atoms with Crippen LogP contribution in [0.15, 0.2) is 22.7 Å². The van der Waals surface area contributed by atoms with E-state index in [0.717, 1.165) is 22.3 Å². The summed E-state index contributed by atoms with van der Waals surface area (Å²) in [7, 11) is 3.58. The van der Waals surface area contributed by atoms with E-state index in [0.29, 0.717) is 13.2 Å². The Balaban J connectivity index is 2.72. The third kappa shape index (κ3) is 3.81. The number of nitrogens with one attached hydrogen (secondary N) is 1. The molecule has 4 heteroatoms. The number of ether oxygens (including phenoxy) is 2. The standard InChI is InChI=1S/C11H16BrNO2/c1-13-8-9-4-3-5-10(12)11(9)15-7-6-14-2/h3-5,13H,6-8H2,1-2H3. The van der Waals surface area contributed by atoms with Crippen LogP contribution in [0.4, 0.5) is 0 Å². The van der Waals surface area contributed by atoms with E-state index in [2.05, 4.69) is 21.2 Å². The first kappa shape index (κ1) is 12.5. The van der Waals surface area contributed by atoms with Gasteiger partial charge in [0.1, 0.15) is 12.4 Å². The average molecular weight is 274 g/mol. The molecule has 1 aromatic carbocycles. The molecule has 0 bridgehead atoms. The number of halogens is 1. The van der Waals surface area contributed by atoms with Crippen LogP contribution in [0.2, 0.25) is 0 Å². The van der Waals surface area contributed by atoms with Gasteiger partial charge in [-0.25, -0.2) is 0 Å². The molecule has 84 valence electrons. The number of benzene rings is 1. The lowest BCUT2D eigenvalue weighted by Crippen LogP contribution is -2.10. The Bertz CT molecular complexity index is 305. The molecule has 3 nitrogen and oxygen atoms in total. The third-order valence-corrected chi connectivity index (χ3v) is 2.57. The lowest BCUT2D eigenvalue weighted by molar-refractivity contribution is 0.145. The second-order valence-electron chi connectivity index (χ2n) is 3.10. The van der Waals surface area contributed by atoms with Gasteiger partial charge in [-0.05, 0) is 29.0 Å². The average Bonchev–Trinajstić information content (AvgIpc) is 2.23. The van der Waals surface area contributed by atoms with E-state index in [-0.39, 0.29) is 0 Å². The molecule has 0 amide bonds. The molecule has 0 spiro atoms. The van der Waals surface area contributed by atoms with Gasteiger partial charge in [0.15, 0.2) is 0 Å². The second-order valence-corrected chi connectivity index (χ2v) is 3.95. The van der Waals surface area contributed by atoms with Crippen molar-refractivity contribution in [3.05, 3.63) is 28.2 Å². The Morgan fingerprint density at radius 1 is 1.33 bits per heavy atom.